The Morgan fingerprint density at radius 1 is 1.19 bits per heavy atom. The summed E-state index contributed by atoms with van der Waals surface area (Å²) in [5.74, 6) is 5.12. The molecule has 0 aliphatic carbocycles. The molecule has 0 saturated carbocycles. The average Bonchev–Trinajstić information content (AvgIpc) is 2.62. The summed E-state index contributed by atoms with van der Waals surface area (Å²) in [5, 5.41) is 34.4. The number of aromatic nitrogens is 1. The third-order valence-corrected chi connectivity index (χ3v) is 3.44. The van der Waals surface area contributed by atoms with Crippen molar-refractivity contribution in [2.45, 2.75) is 0 Å². The molecule has 0 aliphatic rings. The Labute approximate surface area is 177 Å². The summed E-state index contributed by atoms with van der Waals surface area (Å²) in [6, 6.07) is 8.35. The Hall–Kier alpha value is -3.02. The summed E-state index contributed by atoms with van der Waals surface area (Å²) >= 11 is 0. The van der Waals surface area contributed by atoms with Gasteiger partial charge in [0.2, 0.25) is 0 Å². The maximum Gasteiger partial charge on any atom is 1.00 e. The number of hydrogen-bond acceptors (Lipinski definition) is 9. The first kappa shape index (κ1) is 24.0. The largest absolute Gasteiger partial charge is 1.00 e. The zero-order valence-corrected chi connectivity index (χ0v) is 16.9. The van der Waals surface area contributed by atoms with E-state index in [0.717, 1.165) is 0 Å². The number of anilines is 1. The van der Waals surface area contributed by atoms with Crippen molar-refractivity contribution in [1.82, 2.24) is 4.98 Å². The Morgan fingerprint density at radius 3 is 2.30 bits per heavy atom. The Balaban J connectivity index is 0.00000338. The zero-order chi connectivity index (χ0) is 18.6. The van der Waals surface area contributed by atoms with Gasteiger partial charge in [0.05, 0.1) is 19.8 Å². The monoisotopic (exact) mass is 378 g/mol. The predicted octanol–water partition coefficient (Wildman–Crippen LogP) is -3.61. The van der Waals surface area contributed by atoms with Gasteiger partial charge in [0, 0.05) is 17.0 Å². The van der Waals surface area contributed by atoms with E-state index >= 15 is 0 Å². The van der Waals surface area contributed by atoms with Crippen molar-refractivity contribution in [3.8, 4) is 29.5 Å². The van der Waals surface area contributed by atoms with Crippen LogP contribution in [0.4, 0.5) is 5.82 Å². The molecule has 0 spiro atoms. The van der Waals surface area contributed by atoms with Crippen LogP contribution in [0.5, 0.6) is 17.4 Å². The second kappa shape index (κ2) is 10.2. The molecule has 2 aromatic rings. The number of nitrogens with two attached hydrogens (primary N) is 2. The van der Waals surface area contributed by atoms with Gasteiger partial charge in [-0.05, 0) is 18.2 Å². The van der Waals surface area contributed by atoms with Crippen LogP contribution in [-0.2, 0) is 0 Å². The molecule has 1 aromatic carbocycles. The third kappa shape index (κ3) is 4.39. The first-order chi connectivity index (χ1) is 12.0. The van der Waals surface area contributed by atoms with Gasteiger partial charge in [-0.25, -0.2) is 4.98 Å². The number of hydrogen-bond donors (Lipinski definition) is 2. The molecule has 6 N–H and O–H groups in total. The molecule has 1 aromatic heterocycles. The number of ether oxygens (including phenoxy) is 2. The minimum atomic E-state index is -0.878. The van der Waals surface area contributed by atoms with Crippen LogP contribution in [0.1, 0.15) is 22.3 Å². The average molecular weight is 378 g/mol. The maximum absolute atomic E-state index is 12.0. The van der Waals surface area contributed by atoms with Crippen LogP contribution in [0.3, 0.4) is 0 Å². The SMILES string of the molecule is COc1ccc(OC)c(C(=NN)c2c(C#N)c(N)nc([O-])c2C#N)c1.O.[Na+]. The number of hydrazone groups is 1. The molecule has 0 bridgehead atoms. The molecular formula is C16H15N6NaO4. The van der Waals surface area contributed by atoms with Gasteiger partial charge in [-0.15, -0.1) is 0 Å². The van der Waals surface area contributed by atoms with Crippen LogP contribution in [0, 0.1) is 22.7 Å². The van der Waals surface area contributed by atoms with Gasteiger partial charge in [-0.2, -0.15) is 15.6 Å². The molecule has 0 saturated heterocycles. The predicted molar refractivity (Wildman–Crippen MR) is 90.5 cm³/mol. The summed E-state index contributed by atoms with van der Waals surface area (Å²) in [5.41, 5.74) is 5.30. The summed E-state index contributed by atoms with van der Waals surface area (Å²) in [7, 11) is 2.89. The molecule has 0 atom stereocenters. The van der Waals surface area contributed by atoms with Crippen molar-refractivity contribution in [2.24, 2.45) is 10.9 Å². The molecule has 134 valence electrons. The van der Waals surface area contributed by atoms with Gasteiger partial charge in [0.1, 0.15) is 40.7 Å². The third-order valence-electron chi connectivity index (χ3n) is 3.44. The molecule has 2 rings (SSSR count). The summed E-state index contributed by atoms with van der Waals surface area (Å²) in [4.78, 5) is 3.49. The standard InChI is InChI=1S/C16H14N6O3.Na.H2O/c1-24-8-3-4-12(25-2)9(5-8)14(22-20)13-10(6-17)15(19)21-16(23)11(13)7-18;;/h3-5H,20H2,1-2H3,(H3,19,21,23);;1H2/q;+1;/p-1. The second-order valence-corrected chi connectivity index (χ2v) is 4.69. The number of pyridine rings is 1. The van der Waals surface area contributed by atoms with Crippen molar-refractivity contribution in [3.63, 3.8) is 0 Å². The van der Waals surface area contributed by atoms with Crippen molar-refractivity contribution >= 4 is 11.5 Å². The number of methoxy groups -OCH3 is 2. The van der Waals surface area contributed by atoms with E-state index in [4.69, 9.17) is 21.1 Å². The van der Waals surface area contributed by atoms with Gasteiger partial charge < -0.3 is 31.6 Å². The fourth-order valence-corrected chi connectivity index (χ4v) is 2.30. The topological polar surface area (TPSA) is 198 Å². The molecule has 0 radical (unpaired) electrons. The smallest absolute Gasteiger partial charge is 0.858 e. The minimum absolute atomic E-state index is 0. The van der Waals surface area contributed by atoms with E-state index in [2.05, 4.69) is 10.1 Å². The Bertz CT molecular complexity index is 911. The van der Waals surface area contributed by atoms with Crippen LogP contribution in [0.25, 0.3) is 0 Å². The number of rotatable bonds is 4. The van der Waals surface area contributed by atoms with E-state index < -0.39 is 5.88 Å². The second-order valence-electron chi connectivity index (χ2n) is 4.69. The van der Waals surface area contributed by atoms with Crippen LogP contribution >= 0.6 is 0 Å². The van der Waals surface area contributed by atoms with Gasteiger partial charge in [0.25, 0.3) is 0 Å². The normalized spacial score (nSPS) is 9.85. The van der Waals surface area contributed by atoms with Gasteiger partial charge in [-0.1, -0.05) is 0 Å². The van der Waals surface area contributed by atoms with E-state index in [1.807, 2.05) is 6.07 Å². The van der Waals surface area contributed by atoms with E-state index in [1.165, 1.54) is 14.2 Å². The van der Waals surface area contributed by atoms with Gasteiger partial charge >= 0.3 is 29.6 Å². The Kier molecular flexibility index (Phi) is 9.07. The van der Waals surface area contributed by atoms with Crippen LogP contribution in [-0.4, -0.2) is 30.4 Å². The number of nitrogens with zero attached hydrogens (tertiary/aromatic N) is 4. The number of nitrogen functional groups attached to an aromatic ring is 1. The van der Waals surface area contributed by atoms with Crippen LogP contribution in [0.15, 0.2) is 23.3 Å². The fourth-order valence-electron chi connectivity index (χ4n) is 2.30. The van der Waals surface area contributed by atoms with Gasteiger partial charge in [0.15, 0.2) is 0 Å². The molecule has 0 aliphatic heterocycles. The quantitative estimate of drug-likeness (QED) is 0.235. The van der Waals surface area contributed by atoms with E-state index in [0.29, 0.717) is 17.1 Å². The maximum atomic E-state index is 12.0. The molecule has 10 nitrogen and oxygen atoms in total. The van der Waals surface area contributed by atoms with Crippen molar-refractivity contribution in [3.05, 3.63) is 40.5 Å². The number of benzene rings is 1. The molecule has 0 fully saturated rings. The molecule has 27 heavy (non-hydrogen) atoms. The van der Waals surface area contributed by atoms with E-state index in [9.17, 15) is 15.6 Å². The number of nitriles is 2. The molecule has 1 heterocycles. The minimum Gasteiger partial charge on any atom is -0.858 e. The van der Waals surface area contributed by atoms with Crippen LogP contribution < -0.4 is 55.7 Å². The van der Waals surface area contributed by atoms with Crippen molar-refractivity contribution < 1.29 is 49.6 Å². The first-order valence-electron chi connectivity index (χ1n) is 6.83. The molecular weight excluding hydrogens is 363 g/mol. The Morgan fingerprint density at radius 2 is 1.81 bits per heavy atom. The van der Waals surface area contributed by atoms with E-state index in [-0.39, 0.29) is 63.3 Å². The summed E-state index contributed by atoms with van der Waals surface area (Å²) in [6.07, 6.45) is 0. The summed E-state index contributed by atoms with van der Waals surface area (Å²) < 4.78 is 10.4. The molecule has 11 heteroatoms. The first-order valence-corrected chi connectivity index (χ1v) is 6.83. The fraction of sp³-hybridized carbons (Fsp3) is 0.125. The molecule has 0 unspecified atom stereocenters. The van der Waals surface area contributed by atoms with Crippen molar-refractivity contribution in [2.75, 3.05) is 20.0 Å². The summed E-state index contributed by atoms with van der Waals surface area (Å²) in [6.45, 7) is 0. The van der Waals surface area contributed by atoms with Gasteiger partial charge in [-0.3, -0.25) is 0 Å². The zero-order valence-electron chi connectivity index (χ0n) is 14.9. The van der Waals surface area contributed by atoms with Crippen molar-refractivity contribution in [1.29, 1.82) is 10.5 Å². The molecule has 0 amide bonds. The van der Waals surface area contributed by atoms with E-state index in [1.54, 1.807) is 24.3 Å². The van der Waals surface area contributed by atoms with Crippen LogP contribution in [0.2, 0.25) is 0 Å².